The minimum absolute atomic E-state index is 0.218. The van der Waals surface area contributed by atoms with Crippen LogP contribution in [0.4, 0.5) is 4.79 Å². The van der Waals surface area contributed by atoms with Crippen LogP contribution in [-0.4, -0.2) is 41.9 Å². The first-order valence-corrected chi connectivity index (χ1v) is 8.00. The van der Waals surface area contributed by atoms with Crippen LogP contribution >= 0.6 is 0 Å². The van der Waals surface area contributed by atoms with Gasteiger partial charge in [0.05, 0.1) is 17.1 Å². The number of rotatable bonds is 4. The lowest BCUT2D eigenvalue weighted by atomic mass is 9.91. The van der Waals surface area contributed by atoms with Gasteiger partial charge in [-0.25, -0.2) is 4.79 Å². The van der Waals surface area contributed by atoms with Crippen LogP contribution in [0.3, 0.4) is 0 Å². The zero-order valence-corrected chi connectivity index (χ0v) is 14.9. The highest BCUT2D eigenvalue weighted by Gasteiger charge is 2.34. The average molecular weight is 310 g/mol. The molecule has 126 valence electrons. The summed E-state index contributed by atoms with van der Waals surface area (Å²) in [7, 11) is 0. The van der Waals surface area contributed by atoms with Crippen LogP contribution in [0.15, 0.2) is 0 Å². The van der Waals surface area contributed by atoms with Crippen molar-refractivity contribution in [3.05, 3.63) is 0 Å². The highest BCUT2D eigenvalue weighted by atomic mass is 16.6. The van der Waals surface area contributed by atoms with Crippen molar-refractivity contribution in [3.63, 3.8) is 0 Å². The van der Waals surface area contributed by atoms with Gasteiger partial charge in [0.2, 0.25) is 0 Å². The predicted molar refractivity (Wildman–Crippen MR) is 85.4 cm³/mol. The van der Waals surface area contributed by atoms with Gasteiger partial charge in [0, 0.05) is 19.7 Å². The molecule has 5 nitrogen and oxygen atoms in total. The Morgan fingerprint density at radius 3 is 2.23 bits per heavy atom. The second kappa shape index (κ2) is 6.87. The zero-order valence-electron chi connectivity index (χ0n) is 14.9. The minimum Gasteiger partial charge on any atom is -0.444 e. The van der Waals surface area contributed by atoms with Crippen LogP contribution in [-0.2, 0) is 9.47 Å². The maximum absolute atomic E-state index is 12.0. The first-order valence-electron chi connectivity index (χ1n) is 8.00. The van der Waals surface area contributed by atoms with Crippen molar-refractivity contribution in [2.24, 2.45) is 5.41 Å². The molecule has 0 unspecified atom stereocenters. The molecule has 0 atom stereocenters. The summed E-state index contributed by atoms with van der Waals surface area (Å²) >= 11 is 0. The Morgan fingerprint density at radius 1 is 1.23 bits per heavy atom. The zero-order chi connectivity index (χ0) is 17.0. The first-order chi connectivity index (χ1) is 9.96. The molecule has 1 aliphatic heterocycles. The number of nitriles is 1. The molecule has 0 spiro atoms. The third-order valence-corrected chi connectivity index (χ3v) is 3.95. The lowest BCUT2D eigenvalue weighted by Crippen LogP contribution is -2.48. The molecule has 0 N–H and O–H groups in total. The Hall–Kier alpha value is -1.28. The van der Waals surface area contributed by atoms with Gasteiger partial charge in [-0.05, 0) is 60.8 Å². The van der Waals surface area contributed by atoms with E-state index in [1.165, 1.54) is 0 Å². The van der Waals surface area contributed by atoms with Crippen LogP contribution in [0.25, 0.3) is 0 Å². The molecule has 1 amide bonds. The molecule has 1 aliphatic rings. The molecule has 1 rings (SSSR count). The largest absolute Gasteiger partial charge is 0.444 e. The van der Waals surface area contributed by atoms with Gasteiger partial charge in [0.1, 0.15) is 5.60 Å². The van der Waals surface area contributed by atoms with E-state index in [0.717, 1.165) is 19.3 Å². The summed E-state index contributed by atoms with van der Waals surface area (Å²) in [5, 5.41) is 9.02. The molecule has 0 saturated carbocycles. The Labute approximate surface area is 134 Å². The van der Waals surface area contributed by atoms with E-state index in [9.17, 15) is 4.79 Å². The predicted octanol–water partition coefficient (Wildman–Crippen LogP) is 3.73. The summed E-state index contributed by atoms with van der Waals surface area (Å²) in [4.78, 5) is 13.8. The minimum atomic E-state index is -0.461. The van der Waals surface area contributed by atoms with Gasteiger partial charge >= 0.3 is 6.09 Å². The fourth-order valence-electron chi connectivity index (χ4n) is 2.24. The molecule has 1 saturated heterocycles. The maximum atomic E-state index is 12.0. The van der Waals surface area contributed by atoms with Crippen molar-refractivity contribution in [1.29, 1.82) is 5.26 Å². The topological polar surface area (TPSA) is 62.6 Å². The Kier molecular flexibility index (Phi) is 5.86. The third-order valence-electron chi connectivity index (χ3n) is 3.95. The van der Waals surface area contributed by atoms with Gasteiger partial charge in [0.15, 0.2) is 0 Å². The summed E-state index contributed by atoms with van der Waals surface area (Å²) in [5.41, 5.74) is -1.03. The Bertz CT molecular complexity index is 424. The number of piperidine rings is 1. The van der Waals surface area contributed by atoms with Crippen molar-refractivity contribution in [1.82, 2.24) is 4.90 Å². The fourth-order valence-corrected chi connectivity index (χ4v) is 2.24. The summed E-state index contributed by atoms with van der Waals surface area (Å²) in [5.74, 6) is 0. The van der Waals surface area contributed by atoms with Gasteiger partial charge < -0.3 is 14.4 Å². The van der Waals surface area contributed by atoms with Crippen molar-refractivity contribution >= 4 is 6.09 Å². The third kappa shape index (κ3) is 6.23. The van der Waals surface area contributed by atoms with E-state index in [2.05, 4.69) is 13.0 Å². The molecule has 0 radical (unpaired) electrons. The second-order valence-corrected chi connectivity index (χ2v) is 8.01. The van der Waals surface area contributed by atoms with E-state index in [1.807, 2.05) is 34.6 Å². The maximum Gasteiger partial charge on any atom is 0.410 e. The quantitative estimate of drug-likeness (QED) is 0.793. The summed E-state index contributed by atoms with van der Waals surface area (Å²) in [6, 6.07) is 2.29. The van der Waals surface area contributed by atoms with E-state index in [4.69, 9.17) is 14.7 Å². The number of carbonyl (C=O) groups excluding carboxylic acids is 1. The van der Waals surface area contributed by atoms with Gasteiger partial charge in [-0.15, -0.1) is 0 Å². The second-order valence-electron chi connectivity index (χ2n) is 8.01. The Morgan fingerprint density at radius 2 is 1.77 bits per heavy atom. The summed E-state index contributed by atoms with van der Waals surface area (Å²) in [6.45, 7) is 13.4. The number of amides is 1. The molecule has 0 aromatic heterocycles. The average Bonchev–Trinajstić information content (AvgIpc) is 2.37. The molecule has 1 fully saturated rings. The van der Waals surface area contributed by atoms with E-state index >= 15 is 0 Å². The molecule has 22 heavy (non-hydrogen) atoms. The molecular weight excluding hydrogens is 280 g/mol. The van der Waals surface area contributed by atoms with Crippen molar-refractivity contribution in [3.8, 4) is 6.07 Å². The SMILES string of the molecule is CC(C)(C#N)CCOC1(C)CCN(C(=O)OC(C)(C)C)CC1. The normalized spacial score (nSPS) is 18.7. The highest BCUT2D eigenvalue weighted by molar-refractivity contribution is 5.68. The van der Waals surface area contributed by atoms with E-state index in [0.29, 0.717) is 19.7 Å². The van der Waals surface area contributed by atoms with Crippen molar-refractivity contribution in [2.75, 3.05) is 19.7 Å². The molecule has 0 aliphatic carbocycles. The number of likely N-dealkylation sites (tertiary alicyclic amines) is 1. The molecule has 5 heteroatoms. The van der Waals surface area contributed by atoms with Gasteiger partial charge in [-0.3, -0.25) is 0 Å². The van der Waals surface area contributed by atoms with Crippen LogP contribution in [0.1, 0.15) is 60.8 Å². The van der Waals surface area contributed by atoms with E-state index < -0.39 is 5.60 Å². The molecular formula is C17H30N2O3. The monoisotopic (exact) mass is 310 g/mol. The van der Waals surface area contributed by atoms with Crippen LogP contribution < -0.4 is 0 Å². The van der Waals surface area contributed by atoms with E-state index in [1.54, 1.807) is 4.90 Å². The number of nitrogens with zero attached hydrogens (tertiary/aromatic N) is 2. The Balaban J connectivity index is 2.40. The van der Waals surface area contributed by atoms with Crippen molar-refractivity contribution in [2.45, 2.75) is 72.0 Å². The standard InChI is InChI=1S/C17H30N2O3/c1-15(2,3)22-14(20)19-10-7-17(6,8-11-19)21-12-9-16(4,5)13-18/h7-12H2,1-6H3. The molecule has 0 aromatic rings. The van der Waals surface area contributed by atoms with E-state index in [-0.39, 0.29) is 17.1 Å². The summed E-state index contributed by atoms with van der Waals surface area (Å²) < 4.78 is 11.4. The first kappa shape index (κ1) is 18.8. The van der Waals surface area contributed by atoms with Crippen LogP contribution in [0, 0.1) is 16.7 Å². The molecule has 0 bridgehead atoms. The number of ether oxygens (including phenoxy) is 2. The molecule has 1 heterocycles. The fraction of sp³-hybridized carbons (Fsp3) is 0.882. The number of hydrogen-bond donors (Lipinski definition) is 0. The van der Waals surface area contributed by atoms with Crippen LogP contribution in [0.5, 0.6) is 0 Å². The highest BCUT2D eigenvalue weighted by Crippen LogP contribution is 2.28. The molecule has 0 aromatic carbocycles. The smallest absolute Gasteiger partial charge is 0.410 e. The lowest BCUT2D eigenvalue weighted by Gasteiger charge is -2.39. The lowest BCUT2D eigenvalue weighted by molar-refractivity contribution is -0.0769. The van der Waals surface area contributed by atoms with Crippen molar-refractivity contribution < 1.29 is 14.3 Å². The van der Waals surface area contributed by atoms with Crippen LogP contribution in [0.2, 0.25) is 0 Å². The van der Waals surface area contributed by atoms with Gasteiger partial charge in [0.25, 0.3) is 0 Å². The van der Waals surface area contributed by atoms with Gasteiger partial charge in [-0.2, -0.15) is 5.26 Å². The summed E-state index contributed by atoms with van der Waals surface area (Å²) in [6.07, 6.45) is 2.05. The number of hydrogen-bond acceptors (Lipinski definition) is 4. The number of carbonyl (C=O) groups is 1. The van der Waals surface area contributed by atoms with Gasteiger partial charge in [-0.1, -0.05) is 0 Å².